The first kappa shape index (κ1) is 25.8. The molecule has 0 spiro atoms. The van der Waals surface area contributed by atoms with Gasteiger partial charge in [-0.05, 0) is 30.5 Å². The van der Waals surface area contributed by atoms with Crippen LogP contribution in [0.15, 0.2) is 59.8 Å². The van der Waals surface area contributed by atoms with Gasteiger partial charge in [0.2, 0.25) is 21.8 Å². The molecule has 1 atom stereocenters. The number of rotatable bonds is 6. The van der Waals surface area contributed by atoms with Crippen LogP contribution in [0.2, 0.25) is 0 Å². The molecule has 0 bridgehead atoms. The van der Waals surface area contributed by atoms with Crippen molar-refractivity contribution in [1.29, 1.82) is 0 Å². The third-order valence-corrected chi connectivity index (χ3v) is 7.91. The standard InChI is InChI=1S/C15H20N2O2.C9H13N3O2S/c16-14(18)13(11-7-3-1-4-8-11)17-15(19)12-9-5-2-6-10-12;13-15(14,9-2-1-3-11-8-9)12-6-4-10-5-7-12/h1,3-4,7-8,12-13H,2,5-6,9-10H2,(H2,16,18)(H,17,19);1-3,8,10H,4-7H2. The Bertz CT molecular complexity index is 1020. The first-order valence-corrected chi connectivity index (χ1v) is 13.1. The van der Waals surface area contributed by atoms with Crippen LogP contribution in [-0.2, 0) is 19.6 Å². The highest BCUT2D eigenvalue weighted by Crippen LogP contribution is 2.24. The summed E-state index contributed by atoms with van der Waals surface area (Å²) < 4.78 is 25.6. The molecule has 9 nitrogen and oxygen atoms in total. The average molecular weight is 488 g/mol. The van der Waals surface area contributed by atoms with Gasteiger partial charge in [-0.3, -0.25) is 14.6 Å². The summed E-state index contributed by atoms with van der Waals surface area (Å²) in [6.45, 7) is 2.47. The van der Waals surface area contributed by atoms with E-state index in [2.05, 4.69) is 15.6 Å². The molecule has 1 aliphatic heterocycles. The summed E-state index contributed by atoms with van der Waals surface area (Å²) in [5.41, 5.74) is 6.13. The van der Waals surface area contributed by atoms with E-state index < -0.39 is 22.0 Å². The van der Waals surface area contributed by atoms with Crippen LogP contribution >= 0.6 is 0 Å². The zero-order valence-electron chi connectivity index (χ0n) is 19.2. The number of amides is 2. The van der Waals surface area contributed by atoms with E-state index in [0.29, 0.717) is 26.2 Å². The Morgan fingerprint density at radius 1 is 1.03 bits per heavy atom. The summed E-state index contributed by atoms with van der Waals surface area (Å²) in [5, 5.41) is 5.91. The van der Waals surface area contributed by atoms with Gasteiger partial charge in [-0.15, -0.1) is 0 Å². The largest absolute Gasteiger partial charge is 0.368 e. The molecule has 0 radical (unpaired) electrons. The quantitative estimate of drug-likeness (QED) is 0.566. The van der Waals surface area contributed by atoms with Gasteiger partial charge < -0.3 is 16.4 Å². The molecule has 10 heteroatoms. The number of hydrogen-bond donors (Lipinski definition) is 3. The second kappa shape index (κ2) is 12.6. The molecule has 184 valence electrons. The van der Waals surface area contributed by atoms with Crippen LogP contribution < -0.4 is 16.4 Å². The molecule has 1 aliphatic carbocycles. The Balaban J connectivity index is 0.000000196. The Kier molecular flexibility index (Phi) is 9.55. The van der Waals surface area contributed by atoms with E-state index in [4.69, 9.17) is 5.73 Å². The monoisotopic (exact) mass is 487 g/mol. The van der Waals surface area contributed by atoms with Gasteiger partial charge in [0.15, 0.2) is 0 Å². The smallest absolute Gasteiger partial charge is 0.244 e. The van der Waals surface area contributed by atoms with Gasteiger partial charge in [-0.1, -0.05) is 49.6 Å². The van der Waals surface area contributed by atoms with E-state index in [1.165, 1.54) is 16.9 Å². The number of aromatic nitrogens is 1. The third kappa shape index (κ3) is 7.09. The number of nitrogens with zero attached hydrogens (tertiary/aromatic N) is 2. The minimum absolute atomic E-state index is 0.0271. The molecule has 2 fully saturated rings. The van der Waals surface area contributed by atoms with Crippen molar-refractivity contribution in [3.8, 4) is 0 Å². The Hall–Kier alpha value is -2.82. The van der Waals surface area contributed by atoms with Crippen molar-refractivity contribution >= 4 is 21.8 Å². The molecule has 4 rings (SSSR count). The lowest BCUT2D eigenvalue weighted by Crippen LogP contribution is -2.46. The van der Waals surface area contributed by atoms with Crippen molar-refractivity contribution in [2.75, 3.05) is 26.2 Å². The number of sulfonamides is 1. The van der Waals surface area contributed by atoms with E-state index in [1.807, 2.05) is 18.2 Å². The lowest BCUT2D eigenvalue weighted by atomic mass is 9.88. The van der Waals surface area contributed by atoms with E-state index in [-0.39, 0.29) is 16.7 Å². The van der Waals surface area contributed by atoms with E-state index in [9.17, 15) is 18.0 Å². The van der Waals surface area contributed by atoms with Crippen LogP contribution in [0.3, 0.4) is 0 Å². The normalized spacial score (nSPS) is 18.2. The number of pyridine rings is 1. The lowest BCUT2D eigenvalue weighted by Gasteiger charge is -2.26. The molecule has 1 aromatic heterocycles. The maximum absolute atomic E-state index is 12.2. The number of benzene rings is 1. The van der Waals surface area contributed by atoms with Crippen molar-refractivity contribution < 1.29 is 18.0 Å². The van der Waals surface area contributed by atoms with Crippen molar-refractivity contribution in [3.63, 3.8) is 0 Å². The lowest BCUT2D eigenvalue weighted by molar-refractivity contribution is -0.130. The molecule has 2 heterocycles. The zero-order valence-corrected chi connectivity index (χ0v) is 20.0. The van der Waals surface area contributed by atoms with Gasteiger partial charge in [0.25, 0.3) is 0 Å². The van der Waals surface area contributed by atoms with Crippen molar-refractivity contribution in [2.45, 2.75) is 43.0 Å². The fourth-order valence-corrected chi connectivity index (χ4v) is 5.53. The van der Waals surface area contributed by atoms with Crippen molar-refractivity contribution in [1.82, 2.24) is 19.9 Å². The van der Waals surface area contributed by atoms with Gasteiger partial charge in [-0.25, -0.2) is 8.42 Å². The minimum Gasteiger partial charge on any atom is -0.368 e. The fraction of sp³-hybridized carbons (Fsp3) is 0.458. The van der Waals surface area contributed by atoms with E-state index in [1.54, 1.807) is 30.5 Å². The van der Waals surface area contributed by atoms with Gasteiger partial charge >= 0.3 is 0 Å². The van der Waals surface area contributed by atoms with E-state index in [0.717, 1.165) is 31.2 Å². The van der Waals surface area contributed by atoms with Gasteiger partial charge in [0.05, 0.1) is 0 Å². The molecule has 2 aromatic rings. The maximum atomic E-state index is 12.2. The topological polar surface area (TPSA) is 134 Å². The summed E-state index contributed by atoms with van der Waals surface area (Å²) in [5.74, 6) is -0.540. The highest BCUT2D eigenvalue weighted by molar-refractivity contribution is 7.89. The molecule has 1 saturated carbocycles. The van der Waals surface area contributed by atoms with Crippen molar-refractivity contribution in [3.05, 3.63) is 60.4 Å². The van der Waals surface area contributed by atoms with Crippen LogP contribution in [0.4, 0.5) is 0 Å². The molecular formula is C24H33N5O4S. The third-order valence-electron chi connectivity index (χ3n) is 6.03. The second-order valence-corrected chi connectivity index (χ2v) is 10.4. The van der Waals surface area contributed by atoms with Crippen LogP contribution in [-0.4, -0.2) is 55.7 Å². The number of carbonyl (C=O) groups excluding carboxylic acids is 2. The molecule has 2 amide bonds. The molecule has 4 N–H and O–H groups in total. The predicted octanol–water partition coefficient (Wildman–Crippen LogP) is 1.58. The molecular weight excluding hydrogens is 454 g/mol. The van der Waals surface area contributed by atoms with Crippen LogP contribution in [0.1, 0.15) is 43.7 Å². The second-order valence-electron chi connectivity index (χ2n) is 8.43. The summed E-state index contributed by atoms with van der Waals surface area (Å²) in [7, 11) is -3.33. The van der Waals surface area contributed by atoms with Crippen LogP contribution in [0, 0.1) is 5.92 Å². The first-order valence-electron chi connectivity index (χ1n) is 11.6. The molecule has 2 aliphatic rings. The van der Waals surface area contributed by atoms with Crippen molar-refractivity contribution in [2.24, 2.45) is 11.7 Å². The number of nitrogens with one attached hydrogen (secondary N) is 2. The SMILES string of the molecule is NC(=O)C(NC(=O)C1CCCCC1)c1ccccc1.O=S(=O)(c1cccnc1)N1CCNCC1. The Morgan fingerprint density at radius 2 is 1.71 bits per heavy atom. The zero-order chi connectivity index (χ0) is 24.4. The number of piperazine rings is 1. The summed E-state index contributed by atoms with van der Waals surface area (Å²) in [6.07, 6.45) is 8.14. The first-order chi connectivity index (χ1) is 16.4. The predicted molar refractivity (Wildman–Crippen MR) is 129 cm³/mol. The molecule has 1 saturated heterocycles. The maximum Gasteiger partial charge on any atom is 0.244 e. The highest BCUT2D eigenvalue weighted by atomic mass is 32.2. The Morgan fingerprint density at radius 3 is 2.29 bits per heavy atom. The number of hydrogen-bond acceptors (Lipinski definition) is 6. The number of nitrogens with two attached hydrogens (primary N) is 1. The minimum atomic E-state index is -3.33. The summed E-state index contributed by atoms with van der Waals surface area (Å²) >= 11 is 0. The number of carbonyl (C=O) groups is 2. The van der Waals surface area contributed by atoms with Crippen LogP contribution in [0.25, 0.3) is 0 Å². The van der Waals surface area contributed by atoms with Gasteiger partial charge in [0, 0.05) is 44.5 Å². The highest BCUT2D eigenvalue weighted by Gasteiger charge is 2.27. The molecule has 1 aromatic carbocycles. The van der Waals surface area contributed by atoms with E-state index >= 15 is 0 Å². The van der Waals surface area contributed by atoms with Gasteiger partial charge in [0.1, 0.15) is 10.9 Å². The number of primary amides is 1. The molecule has 1 unspecified atom stereocenters. The van der Waals surface area contributed by atoms with Gasteiger partial charge in [-0.2, -0.15) is 4.31 Å². The average Bonchev–Trinajstić information content (AvgIpc) is 2.89. The Labute approximate surface area is 201 Å². The van der Waals surface area contributed by atoms with Crippen LogP contribution in [0.5, 0.6) is 0 Å². The summed E-state index contributed by atoms with van der Waals surface area (Å²) in [6, 6.07) is 11.6. The summed E-state index contributed by atoms with van der Waals surface area (Å²) in [4.78, 5) is 27.8. The fourth-order valence-electron chi connectivity index (χ4n) is 4.12. The molecule has 34 heavy (non-hydrogen) atoms.